The number of unbranched alkanes of at least 4 members (excludes halogenated alkanes) is 18. The summed E-state index contributed by atoms with van der Waals surface area (Å²) < 4.78 is 11.2. The Hall–Kier alpha value is -2.11. The lowest BCUT2D eigenvalue weighted by Gasteiger charge is -2.40. The van der Waals surface area contributed by atoms with Gasteiger partial charge in [-0.3, -0.25) is 4.79 Å². The number of allylic oxidation sites excluding steroid dienone is 10. The lowest BCUT2D eigenvalue weighted by atomic mass is 9.99. The molecule has 0 aromatic heterocycles. The molecule has 7 unspecified atom stereocenters. The zero-order valence-electron chi connectivity index (χ0n) is 36.8. The number of ether oxygens (including phenoxy) is 2. The van der Waals surface area contributed by atoms with Crippen LogP contribution in [0.4, 0.5) is 0 Å². The molecular weight excluding hydrogens is 731 g/mol. The van der Waals surface area contributed by atoms with Crippen LogP contribution in [0.25, 0.3) is 0 Å². The van der Waals surface area contributed by atoms with Crippen molar-refractivity contribution in [1.82, 2.24) is 5.32 Å². The summed E-state index contributed by atoms with van der Waals surface area (Å²) in [4.78, 5) is 13.0. The molecule has 1 saturated heterocycles. The number of hydrogen-bond donors (Lipinski definition) is 6. The molecule has 9 nitrogen and oxygen atoms in total. The summed E-state index contributed by atoms with van der Waals surface area (Å²) in [5.74, 6) is -0.202. The van der Waals surface area contributed by atoms with Crippen molar-refractivity contribution in [3.05, 3.63) is 60.8 Å². The van der Waals surface area contributed by atoms with E-state index in [1.165, 1.54) is 96.3 Å². The summed E-state index contributed by atoms with van der Waals surface area (Å²) in [5.41, 5.74) is 0. The maximum absolute atomic E-state index is 13.0. The van der Waals surface area contributed by atoms with Gasteiger partial charge in [-0.15, -0.1) is 0 Å². The lowest BCUT2D eigenvalue weighted by Crippen LogP contribution is -2.60. The van der Waals surface area contributed by atoms with Crippen LogP contribution in [-0.4, -0.2) is 87.5 Å². The van der Waals surface area contributed by atoms with Crippen LogP contribution < -0.4 is 5.32 Å². The van der Waals surface area contributed by atoms with Crippen molar-refractivity contribution in [3.63, 3.8) is 0 Å². The van der Waals surface area contributed by atoms with Gasteiger partial charge in [-0.1, -0.05) is 190 Å². The highest BCUT2D eigenvalue weighted by Crippen LogP contribution is 2.23. The van der Waals surface area contributed by atoms with Gasteiger partial charge in [0.2, 0.25) is 5.91 Å². The summed E-state index contributed by atoms with van der Waals surface area (Å²) >= 11 is 0. The maximum Gasteiger partial charge on any atom is 0.220 e. The normalized spacial score (nSPS) is 21.4. The van der Waals surface area contributed by atoms with Crippen molar-refractivity contribution in [3.8, 4) is 0 Å². The number of rotatable bonds is 38. The van der Waals surface area contributed by atoms with Crippen LogP contribution in [0.3, 0.4) is 0 Å². The van der Waals surface area contributed by atoms with Gasteiger partial charge in [0.1, 0.15) is 24.4 Å². The van der Waals surface area contributed by atoms with Crippen LogP contribution in [0.15, 0.2) is 60.8 Å². The fourth-order valence-corrected chi connectivity index (χ4v) is 7.14. The Bertz CT molecular complexity index is 1090. The quantitative estimate of drug-likeness (QED) is 0.0267. The van der Waals surface area contributed by atoms with E-state index in [0.29, 0.717) is 12.8 Å². The van der Waals surface area contributed by atoms with E-state index in [1.54, 1.807) is 0 Å². The Morgan fingerprint density at radius 3 is 1.52 bits per heavy atom. The smallest absolute Gasteiger partial charge is 0.220 e. The highest BCUT2D eigenvalue weighted by molar-refractivity contribution is 5.76. The molecule has 0 aromatic rings. The molecule has 336 valence electrons. The Kier molecular flexibility index (Phi) is 36.3. The molecule has 0 aromatic carbocycles. The SMILES string of the molecule is CC/C=C\C/C=C\C/C=C\C/C=C\C/C=C\CCCC(=O)NC(COC1OC(CO)C(O)C(O)C1O)C(O)CCCCCCCCCCCCCCCCCCCC. The minimum Gasteiger partial charge on any atom is -0.394 e. The van der Waals surface area contributed by atoms with Crippen LogP contribution in [0.5, 0.6) is 0 Å². The van der Waals surface area contributed by atoms with Crippen molar-refractivity contribution in [2.45, 2.75) is 230 Å². The van der Waals surface area contributed by atoms with Crippen molar-refractivity contribution in [2.24, 2.45) is 0 Å². The van der Waals surface area contributed by atoms with Gasteiger partial charge in [0, 0.05) is 6.42 Å². The average Bonchev–Trinajstić information content (AvgIpc) is 3.22. The lowest BCUT2D eigenvalue weighted by molar-refractivity contribution is -0.302. The number of hydrogen-bond acceptors (Lipinski definition) is 8. The van der Waals surface area contributed by atoms with E-state index < -0.39 is 49.5 Å². The van der Waals surface area contributed by atoms with E-state index in [1.807, 2.05) is 0 Å². The van der Waals surface area contributed by atoms with E-state index in [-0.39, 0.29) is 18.9 Å². The molecule has 0 spiro atoms. The van der Waals surface area contributed by atoms with Gasteiger partial charge in [-0.2, -0.15) is 0 Å². The molecule has 6 N–H and O–H groups in total. The third-order valence-electron chi connectivity index (χ3n) is 10.9. The first-order valence-corrected chi connectivity index (χ1v) is 23.5. The van der Waals surface area contributed by atoms with E-state index in [2.05, 4.69) is 79.9 Å². The Balaban J connectivity index is 2.37. The first-order chi connectivity index (χ1) is 28.3. The number of aliphatic hydroxyl groups is 5. The van der Waals surface area contributed by atoms with Crippen LogP contribution in [0, 0.1) is 0 Å². The third kappa shape index (κ3) is 29.2. The topological polar surface area (TPSA) is 149 Å². The van der Waals surface area contributed by atoms with Crippen LogP contribution in [-0.2, 0) is 14.3 Å². The fraction of sp³-hybridized carbons (Fsp3) is 0.776. The summed E-state index contributed by atoms with van der Waals surface area (Å²) in [6.07, 6.45) is 43.7. The van der Waals surface area contributed by atoms with Crippen molar-refractivity contribution < 1.29 is 39.8 Å². The molecule has 1 aliphatic heterocycles. The summed E-state index contributed by atoms with van der Waals surface area (Å²) in [6, 6.07) is -0.751. The fourth-order valence-electron chi connectivity index (χ4n) is 7.14. The summed E-state index contributed by atoms with van der Waals surface area (Å²) in [5, 5.41) is 54.3. The molecule has 7 atom stereocenters. The summed E-state index contributed by atoms with van der Waals surface area (Å²) in [6.45, 7) is 3.68. The minimum absolute atomic E-state index is 0.163. The minimum atomic E-state index is -1.57. The number of amides is 1. The van der Waals surface area contributed by atoms with E-state index in [4.69, 9.17) is 9.47 Å². The van der Waals surface area contributed by atoms with Crippen LogP contribution in [0.1, 0.15) is 187 Å². The van der Waals surface area contributed by atoms with Gasteiger partial charge >= 0.3 is 0 Å². The first-order valence-electron chi connectivity index (χ1n) is 23.5. The molecule has 0 saturated carbocycles. The van der Waals surface area contributed by atoms with Crippen LogP contribution in [0.2, 0.25) is 0 Å². The van der Waals surface area contributed by atoms with Gasteiger partial charge in [0.15, 0.2) is 6.29 Å². The second-order valence-corrected chi connectivity index (χ2v) is 16.2. The number of aliphatic hydroxyl groups excluding tert-OH is 5. The van der Waals surface area contributed by atoms with E-state index in [0.717, 1.165) is 57.8 Å². The van der Waals surface area contributed by atoms with Crippen molar-refractivity contribution in [2.75, 3.05) is 13.2 Å². The molecule has 1 amide bonds. The molecular formula is C49H87NO8. The number of carbonyl (C=O) groups excluding carboxylic acids is 1. The Labute approximate surface area is 354 Å². The average molecular weight is 818 g/mol. The van der Waals surface area contributed by atoms with Gasteiger partial charge in [-0.05, 0) is 51.4 Å². The zero-order chi connectivity index (χ0) is 42.3. The standard InChI is InChI=1S/C49H87NO8/c1-3-5-7-9-11-13-15-17-19-21-23-24-26-28-30-32-34-36-38-43(52)42(41-57-49-48(56)47(55)46(54)44(40-51)58-49)50-45(53)39-37-35-33-31-29-27-25-22-20-18-16-14-12-10-8-6-4-2/h6,8,12,14,18,20,25,27,31,33,42-44,46-49,51-52,54-56H,3-5,7,9-11,13,15-17,19,21-24,26,28-30,32,34-41H2,1-2H3,(H,50,53)/b8-6-,14-12-,20-18-,27-25-,33-31-. The molecule has 9 heteroatoms. The molecule has 58 heavy (non-hydrogen) atoms. The van der Waals surface area contributed by atoms with Crippen molar-refractivity contribution >= 4 is 5.91 Å². The Morgan fingerprint density at radius 2 is 1.05 bits per heavy atom. The molecule has 1 heterocycles. The van der Waals surface area contributed by atoms with Gasteiger partial charge in [0.25, 0.3) is 0 Å². The molecule has 1 fully saturated rings. The molecule has 0 radical (unpaired) electrons. The third-order valence-corrected chi connectivity index (χ3v) is 10.9. The van der Waals surface area contributed by atoms with Gasteiger partial charge in [-0.25, -0.2) is 0 Å². The van der Waals surface area contributed by atoms with Crippen molar-refractivity contribution in [1.29, 1.82) is 0 Å². The highest BCUT2D eigenvalue weighted by atomic mass is 16.7. The zero-order valence-corrected chi connectivity index (χ0v) is 36.8. The van der Waals surface area contributed by atoms with Gasteiger partial charge < -0.3 is 40.3 Å². The van der Waals surface area contributed by atoms with E-state index >= 15 is 0 Å². The second-order valence-electron chi connectivity index (χ2n) is 16.2. The molecule has 1 rings (SSSR count). The predicted octanol–water partition coefficient (Wildman–Crippen LogP) is 10.0. The molecule has 0 aliphatic carbocycles. The number of nitrogens with one attached hydrogen (secondary N) is 1. The monoisotopic (exact) mass is 818 g/mol. The largest absolute Gasteiger partial charge is 0.394 e. The number of carbonyl (C=O) groups is 1. The van der Waals surface area contributed by atoms with Gasteiger partial charge in [0.05, 0.1) is 25.4 Å². The molecule has 1 aliphatic rings. The summed E-state index contributed by atoms with van der Waals surface area (Å²) in [7, 11) is 0. The predicted molar refractivity (Wildman–Crippen MR) is 239 cm³/mol. The van der Waals surface area contributed by atoms with E-state index in [9.17, 15) is 30.3 Å². The highest BCUT2D eigenvalue weighted by Gasteiger charge is 2.44. The Morgan fingerprint density at radius 1 is 0.603 bits per heavy atom. The van der Waals surface area contributed by atoms with Crippen LogP contribution >= 0.6 is 0 Å². The molecule has 0 bridgehead atoms. The first kappa shape index (κ1) is 53.9. The second kappa shape index (κ2) is 39.1. The maximum atomic E-state index is 13.0.